The minimum atomic E-state index is -4.06. The molecule has 0 aliphatic carbocycles. The Kier molecular flexibility index (Phi) is 4.98. The minimum absolute atomic E-state index is 0.0122. The van der Waals surface area contributed by atoms with Crippen molar-refractivity contribution in [1.29, 1.82) is 0 Å². The summed E-state index contributed by atoms with van der Waals surface area (Å²) in [7, 11) is -2.05. The lowest BCUT2D eigenvalue weighted by Crippen LogP contribution is -2.32. The number of aryl methyl sites for hydroxylation is 2. The molecule has 2 aliphatic rings. The zero-order valence-corrected chi connectivity index (χ0v) is 22.0. The Balaban J connectivity index is 1.69. The number of hydrogen-bond donors (Lipinski definition) is 2. The third kappa shape index (κ3) is 3.42. The number of nitrogens with one attached hydrogen (secondary N) is 2. The topological polar surface area (TPSA) is 93.2 Å². The van der Waals surface area contributed by atoms with E-state index in [9.17, 15) is 13.2 Å². The van der Waals surface area contributed by atoms with E-state index in [-0.39, 0.29) is 21.5 Å². The van der Waals surface area contributed by atoms with E-state index in [2.05, 4.69) is 14.9 Å². The van der Waals surface area contributed by atoms with Crippen LogP contribution in [0.15, 0.2) is 46.3 Å². The first-order valence-corrected chi connectivity index (χ1v) is 13.9. The van der Waals surface area contributed by atoms with Crippen molar-refractivity contribution in [3.8, 4) is 0 Å². The van der Waals surface area contributed by atoms with Gasteiger partial charge < -0.3 is 19.6 Å². The molecule has 2 aliphatic heterocycles. The monoisotopic (exact) mass is 505 g/mol. The maximum absolute atomic E-state index is 14.2. The first-order chi connectivity index (χ1) is 17.0. The van der Waals surface area contributed by atoms with Crippen LogP contribution in [-0.4, -0.2) is 35.6 Å². The number of aromatic amines is 1. The number of H-pyrrole nitrogens is 1. The first-order valence-electron chi connectivity index (χ1n) is 12.4. The Bertz CT molecular complexity index is 1640. The van der Waals surface area contributed by atoms with Crippen molar-refractivity contribution in [2.45, 2.75) is 74.6 Å². The largest absolute Gasteiger partial charge is 0.456 e. The van der Waals surface area contributed by atoms with Gasteiger partial charge in [0.25, 0.3) is 0 Å². The summed E-state index contributed by atoms with van der Waals surface area (Å²) < 4.78 is 36.3. The van der Waals surface area contributed by atoms with Crippen LogP contribution in [0.1, 0.15) is 66.8 Å². The van der Waals surface area contributed by atoms with Gasteiger partial charge in [-0.05, 0) is 69.9 Å². The van der Waals surface area contributed by atoms with Crippen molar-refractivity contribution in [2.24, 2.45) is 7.05 Å². The Labute approximate surface area is 210 Å². The number of fused-ring (bicyclic) bond motifs is 7. The summed E-state index contributed by atoms with van der Waals surface area (Å²) in [5, 5.41) is 5.24. The number of hydrogen-bond acceptors (Lipinski definition) is 5. The van der Waals surface area contributed by atoms with Crippen LogP contribution in [0.3, 0.4) is 0 Å². The molecule has 2 atom stereocenters. The normalized spacial score (nSPS) is 19.7. The van der Waals surface area contributed by atoms with Gasteiger partial charge in [-0.3, -0.25) is 0 Å². The van der Waals surface area contributed by atoms with Gasteiger partial charge in [-0.1, -0.05) is 18.2 Å². The molecule has 0 radical (unpaired) electrons. The number of carbonyl (C=O) groups is 1. The number of sulfone groups is 1. The molecule has 36 heavy (non-hydrogen) atoms. The predicted molar refractivity (Wildman–Crippen MR) is 139 cm³/mol. The average Bonchev–Trinajstić information content (AvgIpc) is 3.48. The maximum atomic E-state index is 14.2. The van der Waals surface area contributed by atoms with Gasteiger partial charge in [0.15, 0.2) is 0 Å². The number of para-hydroxylation sites is 1. The van der Waals surface area contributed by atoms with Crippen molar-refractivity contribution in [2.75, 3.05) is 0 Å². The van der Waals surface area contributed by atoms with Gasteiger partial charge in [-0.2, -0.15) is 0 Å². The highest BCUT2D eigenvalue weighted by Gasteiger charge is 2.40. The molecule has 188 valence electrons. The number of nitrogens with zero attached hydrogens (tertiary/aromatic N) is 1. The molecule has 2 aromatic heterocycles. The fourth-order valence-corrected chi connectivity index (χ4v) is 7.60. The molecule has 0 spiro atoms. The summed E-state index contributed by atoms with van der Waals surface area (Å²) in [6, 6.07) is 11.2. The molecule has 0 saturated carbocycles. The van der Waals surface area contributed by atoms with Crippen LogP contribution < -0.4 is 5.32 Å². The third-order valence-electron chi connectivity index (χ3n) is 7.49. The average molecular weight is 506 g/mol. The molecule has 1 saturated heterocycles. The lowest BCUT2D eigenvalue weighted by Gasteiger charge is -2.24. The molecule has 2 N–H and O–H groups in total. The van der Waals surface area contributed by atoms with Gasteiger partial charge in [-0.15, -0.1) is 0 Å². The quantitative estimate of drug-likeness (QED) is 0.378. The number of aromatic nitrogens is 2. The van der Waals surface area contributed by atoms with Crippen LogP contribution in [0, 0.1) is 6.92 Å². The molecule has 8 heteroatoms. The number of esters is 1. The van der Waals surface area contributed by atoms with E-state index in [0.29, 0.717) is 11.4 Å². The second-order valence-electron chi connectivity index (χ2n) is 11.1. The van der Waals surface area contributed by atoms with Gasteiger partial charge in [0.2, 0.25) is 9.84 Å². The highest BCUT2D eigenvalue weighted by molar-refractivity contribution is 7.91. The van der Waals surface area contributed by atoms with Gasteiger partial charge in [-0.25, -0.2) is 13.2 Å². The highest BCUT2D eigenvalue weighted by Crippen LogP contribution is 2.45. The standard InChI is InChI=1S/C28H31N3O4S/c1-15-12-21(36(33,34)22-13-16-8-6-7-9-18(16)30-22)24(27(32)35-28(2,3)4)25-23-19-11-10-17(29-19)14-20(23)31(5)26(15)25/h6-9,12-13,17,19,29-30H,10-11,14H2,1-5H3. The fourth-order valence-electron chi connectivity index (χ4n) is 6.05. The van der Waals surface area contributed by atoms with Crippen molar-refractivity contribution in [3.63, 3.8) is 0 Å². The molecular weight excluding hydrogens is 474 g/mol. The van der Waals surface area contributed by atoms with E-state index in [1.165, 1.54) is 5.69 Å². The summed E-state index contributed by atoms with van der Waals surface area (Å²) in [5.74, 6) is -0.615. The molecule has 4 heterocycles. The van der Waals surface area contributed by atoms with Crippen molar-refractivity contribution >= 4 is 37.6 Å². The second kappa shape index (κ2) is 7.70. The highest BCUT2D eigenvalue weighted by atomic mass is 32.2. The number of rotatable bonds is 3. The summed E-state index contributed by atoms with van der Waals surface area (Å²) in [5.41, 5.74) is 4.01. The van der Waals surface area contributed by atoms with E-state index >= 15 is 0 Å². The van der Waals surface area contributed by atoms with E-state index in [4.69, 9.17) is 4.74 Å². The van der Waals surface area contributed by atoms with Crippen molar-refractivity contribution in [3.05, 3.63) is 58.8 Å². The van der Waals surface area contributed by atoms with Crippen molar-refractivity contribution < 1.29 is 17.9 Å². The Morgan fingerprint density at radius 2 is 1.89 bits per heavy atom. The summed E-state index contributed by atoms with van der Waals surface area (Å²) in [6.07, 6.45) is 2.88. The lowest BCUT2D eigenvalue weighted by molar-refractivity contribution is 0.00675. The third-order valence-corrected chi connectivity index (χ3v) is 9.19. The Hall–Kier alpha value is -3.10. The van der Waals surface area contributed by atoms with E-state index in [0.717, 1.165) is 46.8 Å². The zero-order chi connectivity index (χ0) is 25.6. The van der Waals surface area contributed by atoms with Crippen LogP contribution in [0.5, 0.6) is 0 Å². The summed E-state index contributed by atoms with van der Waals surface area (Å²) >= 11 is 0. The summed E-state index contributed by atoms with van der Waals surface area (Å²) in [4.78, 5) is 16.9. The fraction of sp³-hybridized carbons (Fsp3) is 0.393. The van der Waals surface area contributed by atoms with E-state index in [1.807, 2.05) is 38.2 Å². The number of ether oxygens (including phenoxy) is 1. The van der Waals surface area contributed by atoms with E-state index < -0.39 is 21.4 Å². The smallest absolute Gasteiger partial charge is 0.340 e. The molecule has 2 unspecified atom stereocenters. The predicted octanol–water partition coefficient (Wildman–Crippen LogP) is 5.11. The van der Waals surface area contributed by atoms with Crippen LogP contribution >= 0.6 is 0 Å². The van der Waals surface area contributed by atoms with Gasteiger partial charge in [0.1, 0.15) is 10.6 Å². The number of carbonyl (C=O) groups excluding carboxylic acids is 1. The molecule has 4 aromatic rings. The van der Waals surface area contributed by atoms with E-state index in [1.54, 1.807) is 32.9 Å². The van der Waals surface area contributed by atoms with Gasteiger partial charge >= 0.3 is 5.97 Å². The van der Waals surface area contributed by atoms with Gasteiger partial charge in [0, 0.05) is 47.5 Å². The summed E-state index contributed by atoms with van der Waals surface area (Å²) in [6.45, 7) is 7.31. The molecule has 1 fully saturated rings. The molecular formula is C28H31N3O4S. The molecule has 2 aromatic carbocycles. The first kappa shape index (κ1) is 23.3. The van der Waals surface area contributed by atoms with Crippen LogP contribution in [-0.2, 0) is 28.0 Å². The lowest BCUT2D eigenvalue weighted by atomic mass is 9.95. The number of benzene rings is 2. The van der Waals surface area contributed by atoms with Crippen LogP contribution in [0.25, 0.3) is 21.8 Å². The van der Waals surface area contributed by atoms with Crippen LogP contribution in [0.4, 0.5) is 0 Å². The van der Waals surface area contributed by atoms with Gasteiger partial charge in [0.05, 0.1) is 16.0 Å². The molecule has 0 amide bonds. The molecule has 6 rings (SSSR count). The van der Waals surface area contributed by atoms with Crippen LogP contribution in [0.2, 0.25) is 0 Å². The Morgan fingerprint density at radius 3 is 2.61 bits per heavy atom. The molecule has 2 bridgehead atoms. The van der Waals surface area contributed by atoms with Crippen molar-refractivity contribution in [1.82, 2.24) is 14.9 Å². The molecule has 7 nitrogen and oxygen atoms in total. The minimum Gasteiger partial charge on any atom is -0.456 e. The SMILES string of the molecule is Cc1cc(S(=O)(=O)c2cc3ccccc3[nH]2)c(C(=O)OC(C)(C)C)c2c3c(n(C)c12)CC1CCC3N1. The Morgan fingerprint density at radius 1 is 1.14 bits per heavy atom. The maximum Gasteiger partial charge on any atom is 0.340 e. The second-order valence-corrected chi connectivity index (χ2v) is 13.0. The zero-order valence-electron chi connectivity index (χ0n) is 21.2.